The molecule has 0 amide bonds. The summed E-state index contributed by atoms with van der Waals surface area (Å²) in [5, 5.41) is 11.7. The van der Waals surface area contributed by atoms with E-state index in [1.165, 1.54) is 48.5 Å². The fourth-order valence-electron chi connectivity index (χ4n) is 4.51. The molecule has 5 rings (SSSR count). The van der Waals surface area contributed by atoms with Gasteiger partial charge in [0.25, 0.3) is 0 Å². The quantitative estimate of drug-likeness (QED) is 0.221. The van der Waals surface area contributed by atoms with E-state index in [1.54, 1.807) is 72.8 Å². The molecule has 0 saturated carbocycles. The minimum Gasteiger partial charge on any atom is -0.456 e. The molecule has 0 radical (unpaired) electrons. The van der Waals surface area contributed by atoms with E-state index in [1.807, 2.05) is 0 Å². The third-order valence-corrected chi connectivity index (χ3v) is 6.79. The van der Waals surface area contributed by atoms with E-state index < -0.39 is 61.2 Å². The summed E-state index contributed by atoms with van der Waals surface area (Å²) in [6.45, 7) is -1.31. The van der Waals surface area contributed by atoms with Gasteiger partial charge in [-0.15, -0.1) is 0 Å². The molecule has 0 unspecified atom stereocenters. The molecule has 1 N–H and O–H groups in total. The number of ether oxygens (including phenoxy) is 5. The normalized spacial score (nSPS) is 21.0. The summed E-state index contributed by atoms with van der Waals surface area (Å²) >= 11 is 0. The minimum atomic E-state index is -2.51. The molecule has 10 heteroatoms. The Hall–Kier alpha value is -5.32. The second kappa shape index (κ2) is 13.8. The highest BCUT2D eigenvalue weighted by Gasteiger charge is 2.57. The summed E-state index contributed by atoms with van der Waals surface area (Å²) < 4.78 is 28.3. The molecule has 224 valence electrons. The number of rotatable bonds is 9. The van der Waals surface area contributed by atoms with E-state index in [0.717, 1.165) is 0 Å². The van der Waals surface area contributed by atoms with Gasteiger partial charge in [-0.25, -0.2) is 19.2 Å². The van der Waals surface area contributed by atoms with Gasteiger partial charge in [0.15, 0.2) is 18.3 Å². The van der Waals surface area contributed by atoms with Crippen LogP contribution in [0.15, 0.2) is 121 Å². The fraction of sp³-hybridized carbons (Fsp3) is 0.176. The fourth-order valence-corrected chi connectivity index (χ4v) is 4.51. The highest BCUT2D eigenvalue weighted by Crippen LogP contribution is 2.33. The Morgan fingerprint density at radius 3 is 1.43 bits per heavy atom. The number of benzene rings is 4. The van der Waals surface area contributed by atoms with Crippen molar-refractivity contribution < 1.29 is 48.0 Å². The van der Waals surface area contributed by atoms with E-state index >= 15 is 0 Å². The molecule has 0 bridgehead atoms. The maximum Gasteiger partial charge on any atom is 0.338 e. The number of esters is 4. The third-order valence-electron chi connectivity index (χ3n) is 6.79. The first-order chi connectivity index (χ1) is 21.3. The Labute approximate surface area is 252 Å². The van der Waals surface area contributed by atoms with Gasteiger partial charge < -0.3 is 28.8 Å². The zero-order chi connectivity index (χ0) is 30.9. The van der Waals surface area contributed by atoms with Gasteiger partial charge in [-0.2, -0.15) is 0 Å². The van der Waals surface area contributed by atoms with E-state index in [0.29, 0.717) is 0 Å². The van der Waals surface area contributed by atoms with Crippen LogP contribution in [0.5, 0.6) is 0 Å². The molecule has 0 aromatic heterocycles. The van der Waals surface area contributed by atoms with Gasteiger partial charge in [0, 0.05) is 0 Å². The zero-order valence-electron chi connectivity index (χ0n) is 23.3. The molecular formula is C34H28O10. The summed E-state index contributed by atoms with van der Waals surface area (Å²) in [5.41, 5.74) is 0.675. The average molecular weight is 597 g/mol. The second-order valence-electron chi connectivity index (χ2n) is 9.84. The summed E-state index contributed by atoms with van der Waals surface area (Å²) in [7, 11) is 0. The number of carbonyl (C=O) groups excluding carboxylic acids is 4. The summed E-state index contributed by atoms with van der Waals surface area (Å²) in [4.78, 5) is 52.3. The van der Waals surface area contributed by atoms with Crippen molar-refractivity contribution in [3.63, 3.8) is 0 Å². The van der Waals surface area contributed by atoms with E-state index in [2.05, 4.69) is 0 Å². The second-order valence-corrected chi connectivity index (χ2v) is 9.84. The van der Waals surface area contributed by atoms with E-state index in [-0.39, 0.29) is 22.3 Å². The predicted molar refractivity (Wildman–Crippen MR) is 155 cm³/mol. The largest absolute Gasteiger partial charge is 0.456 e. The summed E-state index contributed by atoms with van der Waals surface area (Å²) in [6.07, 6.45) is -4.74. The lowest BCUT2D eigenvalue weighted by molar-refractivity contribution is -0.327. The molecule has 4 aromatic carbocycles. The van der Waals surface area contributed by atoms with Gasteiger partial charge in [-0.3, -0.25) is 0 Å². The van der Waals surface area contributed by atoms with Crippen LogP contribution < -0.4 is 0 Å². The van der Waals surface area contributed by atoms with Crippen LogP contribution in [0.25, 0.3) is 0 Å². The van der Waals surface area contributed by atoms with Crippen molar-refractivity contribution in [3.05, 3.63) is 144 Å². The van der Waals surface area contributed by atoms with Crippen molar-refractivity contribution in [2.24, 2.45) is 0 Å². The molecule has 1 saturated heterocycles. The van der Waals surface area contributed by atoms with Crippen LogP contribution >= 0.6 is 0 Å². The molecule has 0 spiro atoms. The molecule has 1 fully saturated rings. The standard InChI is InChI=1S/C34H28O10/c35-30(23-13-5-1-6-14-23)40-22-34(39)29(44-33(38)26-19-11-4-12-20-26)28(43-32(37)25-17-9-3-10-18-25)27(21-41-34)42-31(36)24-15-7-2-8-16-24/h1-20,27-29,39H,21-22H2/t27-,28-,29-,34-/m1/s1. The van der Waals surface area contributed by atoms with Gasteiger partial charge in [-0.1, -0.05) is 72.8 Å². The summed E-state index contributed by atoms with van der Waals surface area (Å²) in [6, 6.07) is 32.0. The molecule has 1 aliphatic rings. The molecule has 1 aliphatic heterocycles. The number of aliphatic hydroxyl groups is 1. The highest BCUT2D eigenvalue weighted by atomic mass is 16.7. The minimum absolute atomic E-state index is 0.118. The van der Waals surface area contributed by atoms with Crippen molar-refractivity contribution in [2.75, 3.05) is 13.2 Å². The molecule has 44 heavy (non-hydrogen) atoms. The Morgan fingerprint density at radius 1 is 0.591 bits per heavy atom. The lowest BCUT2D eigenvalue weighted by atomic mass is 9.96. The van der Waals surface area contributed by atoms with E-state index in [9.17, 15) is 24.3 Å². The van der Waals surface area contributed by atoms with Crippen LogP contribution in [0.2, 0.25) is 0 Å². The van der Waals surface area contributed by atoms with E-state index in [4.69, 9.17) is 23.7 Å². The maximum atomic E-state index is 13.3. The predicted octanol–water partition coefficient (Wildman–Crippen LogP) is 4.24. The van der Waals surface area contributed by atoms with Gasteiger partial charge in [0.1, 0.15) is 6.61 Å². The van der Waals surface area contributed by atoms with Gasteiger partial charge in [-0.05, 0) is 48.5 Å². The topological polar surface area (TPSA) is 135 Å². The molecular weight excluding hydrogens is 568 g/mol. The Kier molecular flexibility index (Phi) is 9.43. The average Bonchev–Trinajstić information content (AvgIpc) is 3.08. The SMILES string of the molecule is O=C(OC[C@@]1(O)OC[C@@H](OC(=O)c2ccccc2)[C@@H](OC(=O)c2ccccc2)[C@H]1OC(=O)c1ccccc1)c1ccccc1. The van der Waals surface area contributed by atoms with Gasteiger partial charge in [0.2, 0.25) is 5.79 Å². The van der Waals surface area contributed by atoms with Crippen LogP contribution in [-0.4, -0.2) is 66.3 Å². The molecule has 0 aliphatic carbocycles. The van der Waals surface area contributed by atoms with Crippen molar-refractivity contribution in [2.45, 2.75) is 24.1 Å². The monoisotopic (exact) mass is 596 g/mol. The summed E-state index contributed by atoms with van der Waals surface area (Å²) in [5.74, 6) is -5.81. The lowest BCUT2D eigenvalue weighted by Gasteiger charge is -2.45. The first kappa shape index (κ1) is 30.1. The number of hydrogen-bond donors (Lipinski definition) is 1. The van der Waals surface area contributed by atoms with Crippen LogP contribution in [0.4, 0.5) is 0 Å². The van der Waals surface area contributed by atoms with Crippen molar-refractivity contribution in [1.82, 2.24) is 0 Å². The van der Waals surface area contributed by atoms with Crippen molar-refractivity contribution in [3.8, 4) is 0 Å². The van der Waals surface area contributed by atoms with Gasteiger partial charge in [0.05, 0.1) is 28.9 Å². The Bertz CT molecular complexity index is 1580. The first-order valence-corrected chi connectivity index (χ1v) is 13.7. The first-order valence-electron chi connectivity index (χ1n) is 13.7. The smallest absolute Gasteiger partial charge is 0.338 e. The molecule has 10 nitrogen and oxygen atoms in total. The van der Waals surface area contributed by atoms with Crippen LogP contribution in [-0.2, 0) is 23.7 Å². The molecule has 4 atom stereocenters. The van der Waals surface area contributed by atoms with Crippen molar-refractivity contribution >= 4 is 23.9 Å². The van der Waals surface area contributed by atoms with Crippen LogP contribution in [0.1, 0.15) is 41.4 Å². The Morgan fingerprint density at radius 2 is 0.977 bits per heavy atom. The van der Waals surface area contributed by atoms with Crippen molar-refractivity contribution in [1.29, 1.82) is 0 Å². The number of carbonyl (C=O) groups is 4. The molecule has 1 heterocycles. The van der Waals surface area contributed by atoms with Crippen LogP contribution in [0, 0.1) is 0 Å². The van der Waals surface area contributed by atoms with Crippen LogP contribution in [0.3, 0.4) is 0 Å². The van der Waals surface area contributed by atoms with Gasteiger partial charge >= 0.3 is 23.9 Å². The lowest BCUT2D eigenvalue weighted by Crippen LogP contribution is -2.66. The highest BCUT2D eigenvalue weighted by molar-refractivity contribution is 5.91. The Balaban J connectivity index is 1.48. The number of hydrogen-bond acceptors (Lipinski definition) is 10. The zero-order valence-corrected chi connectivity index (χ0v) is 23.3. The third kappa shape index (κ3) is 7.17. The molecule has 4 aromatic rings. The maximum absolute atomic E-state index is 13.3.